The van der Waals surface area contributed by atoms with Crippen molar-refractivity contribution in [3.05, 3.63) is 68.7 Å². The summed E-state index contributed by atoms with van der Waals surface area (Å²) in [4.78, 5) is 37.6. The predicted molar refractivity (Wildman–Crippen MR) is 119 cm³/mol. The van der Waals surface area contributed by atoms with Gasteiger partial charge in [-0.1, -0.05) is 45.5 Å². The summed E-state index contributed by atoms with van der Waals surface area (Å²) in [6.45, 7) is 0.403. The average Bonchev–Trinajstić information content (AvgIpc) is 3.44. The van der Waals surface area contributed by atoms with E-state index in [1.54, 1.807) is 0 Å². The molecule has 2 amide bonds. The zero-order chi connectivity index (χ0) is 22.0. The Morgan fingerprint density at radius 3 is 2.71 bits per heavy atom. The molecule has 1 saturated heterocycles. The first-order chi connectivity index (χ1) is 14.9. The van der Waals surface area contributed by atoms with Gasteiger partial charge in [-0.2, -0.15) is 0 Å². The van der Waals surface area contributed by atoms with E-state index in [0.29, 0.717) is 29.5 Å². The number of non-ortho nitro benzene ring substituents is 1. The fourth-order valence-corrected chi connectivity index (χ4v) is 4.39. The van der Waals surface area contributed by atoms with E-state index in [-0.39, 0.29) is 17.2 Å². The number of amides is 2. The largest absolute Gasteiger partial charge is 0.327 e. The number of hydrogen-bond donors (Lipinski definition) is 1. The van der Waals surface area contributed by atoms with Crippen LogP contribution >= 0.6 is 27.3 Å². The number of likely N-dealkylation sites (tertiary alicyclic amines) is 1. The average molecular weight is 502 g/mol. The Balaban J connectivity index is 1.47. The molecule has 1 fully saturated rings. The fraction of sp³-hybridized carbons (Fsp3) is 0.200. The molecule has 0 aliphatic carbocycles. The summed E-state index contributed by atoms with van der Waals surface area (Å²) in [5, 5.41) is 22.9. The minimum Gasteiger partial charge on any atom is -0.327 e. The summed E-state index contributed by atoms with van der Waals surface area (Å²) in [5.41, 5.74) is 0.896. The molecule has 0 bridgehead atoms. The third-order valence-corrected chi connectivity index (χ3v) is 6.28. The van der Waals surface area contributed by atoms with Crippen molar-refractivity contribution in [1.82, 2.24) is 15.1 Å². The van der Waals surface area contributed by atoms with Gasteiger partial charge in [0.1, 0.15) is 11.0 Å². The second-order valence-corrected chi connectivity index (χ2v) is 8.77. The summed E-state index contributed by atoms with van der Waals surface area (Å²) in [6, 6.07) is 12.4. The van der Waals surface area contributed by atoms with E-state index in [1.807, 2.05) is 24.3 Å². The molecule has 1 aromatic heterocycles. The van der Waals surface area contributed by atoms with Gasteiger partial charge < -0.3 is 4.90 Å². The zero-order valence-corrected chi connectivity index (χ0v) is 18.4. The van der Waals surface area contributed by atoms with Crippen molar-refractivity contribution in [2.75, 3.05) is 11.9 Å². The second-order valence-electron chi connectivity index (χ2n) is 6.87. The maximum Gasteiger partial charge on any atom is 0.270 e. The van der Waals surface area contributed by atoms with E-state index in [4.69, 9.17) is 0 Å². The maximum atomic E-state index is 12.9. The summed E-state index contributed by atoms with van der Waals surface area (Å²) < 4.78 is 0.948. The van der Waals surface area contributed by atoms with Crippen molar-refractivity contribution in [2.45, 2.75) is 18.9 Å². The molecule has 0 saturated carbocycles. The molecule has 2 aromatic carbocycles. The zero-order valence-electron chi connectivity index (χ0n) is 16.0. The number of nitrogens with zero attached hydrogens (tertiary/aromatic N) is 4. The highest BCUT2D eigenvalue weighted by Crippen LogP contribution is 2.29. The molecule has 1 atom stereocenters. The smallest absolute Gasteiger partial charge is 0.270 e. The van der Waals surface area contributed by atoms with Gasteiger partial charge in [-0.05, 0) is 31.0 Å². The van der Waals surface area contributed by atoms with Gasteiger partial charge in [0, 0.05) is 34.3 Å². The van der Waals surface area contributed by atoms with Gasteiger partial charge in [0.2, 0.25) is 11.0 Å². The number of halogens is 1. The Kier molecular flexibility index (Phi) is 6.05. The minimum absolute atomic E-state index is 0.166. The van der Waals surface area contributed by atoms with Crippen molar-refractivity contribution in [1.29, 1.82) is 0 Å². The van der Waals surface area contributed by atoms with E-state index < -0.39 is 16.9 Å². The van der Waals surface area contributed by atoms with Crippen LogP contribution in [0.1, 0.15) is 23.2 Å². The Bertz CT molecular complexity index is 1150. The second kappa shape index (κ2) is 8.90. The molecular weight excluding hydrogens is 486 g/mol. The van der Waals surface area contributed by atoms with Crippen molar-refractivity contribution in [3.8, 4) is 10.6 Å². The van der Waals surface area contributed by atoms with Crippen molar-refractivity contribution < 1.29 is 14.5 Å². The number of anilines is 1. The molecule has 2 heterocycles. The van der Waals surface area contributed by atoms with Crippen LogP contribution < -0.4 is 5.32 Å². The van der Waals surface area contributed by atoms with E-state index >= 15 is 0 Å². The van der Waals surface area contributed by atoms with E-state index in [1.165, 1.54) is 40.5 Å². The molecule has 0 spiro atoms. The third kappa shape index (κ3) is 4.62. The Hall–Kier alpha value is -3.18. The van der Waals surface area contributed by atoms with Crippen LogP contribution in [0, 0.1) is 10.1 Å². The monoisotopic (exact) mass is 501 g/mol. The Labute approximate surface area is 189 Å². The predicted octanol–water partition coefficient (Wildman–Crippen LogP) is 4.12. The molecule has 11 heteroatoms. The number of rotatable bonds is 5. The molecule has 9 nitrogen and oxygen atoms in total. The highest BCUT2D eigenvalue weighted by molar-refractivity contribution is 9.10. The highest BCUT2D eigenvalue weighted by Gasteiger charge is 2.35. The van der Waals surface area contributed by atoms with Crippen LogP contribution in [-0.2, 0) is 4.79 Å². The normalized spacial score (nSPS) is 15.6. The van der Waals surface area contributed by atoms with Gasteiger partial charge in [0.05, 0.1) is 4.92 Å². The Morgan fingerprint density at radius 2 is 1.97 bits per heavy atom. The third-order valence-electron chi connectivity index (χ3n) is 4.87. The van der Waals surface area contributed by atoms with Crippen LogP contribution in [0.2, 0.25) is 0 Å². The number of carbonyl (C=O) groups excluding carboxylic acids is 2. The molecule has 1 N–H and O–H groups in total. The highest BCUT2D eigenvalue weighted by atomic mass is 79.9. The van der Waals surface area contributed by atoms with E-state index in [0.717, 1.165) is 10.0 Å². The van der Waals surface area contributed by atoms with E-state index in [2.05, 4.69) is 31.4 Å². The first kappa shape index (κ1) is 21.1. The van der Waals surface area contributed by atoms with Crippen LogP contribution in [0.5, 0.6) is 0 Å². The van der Waals surface area contributed by atoms with Crippen LogP contribution in [0.4, 0.5) is 10.8 Å². The number of hydrogen-bond acceptors (Lipinski definition) is 7. The van der Waals surface area contributed by atoms with Gasteiger partial charge in [0.25, 0.3) is 11.6 Å². The fourth-order valence-electron chi connectivity index (χ4n) is 3.37. The SMILES string of the molecule is O=C(Nc1nnc(-c2ccc(Br)cc2)s1)C1CCCN1C(=O)c1cccc([N+](=O)[O-])c1. The lowest BCUT2D eigenvalue weighted by Crippen LogP contribution is -2.43. The van der Waals surface area contributed by atoms with Crippen molar-refractivity contribution in [2.24, 2.45) is 0 Å². The first-order valence-electron chi connectivity index (χ1n) is 9.38. The molecule has 1 aliphatic heterocycles. The first-order valence-corrected chi connectivity index (χ1v) is 11.0. The van der Waals surface area contributed by atoms with Gasteiger partial charge >= 0.3 is 0 Å². The van der Waals surface area contributed by atoms with E-state index in [9.17, 15) is 19.7 Å². The summed E-state index contributed by atoms with van der Waals surface area (Å²) in [5.74, 6) is -0.760. The summed E-state index contributed by atoms with van der Waals surface area (Å²) >= 11 is 4.63. The number of nitro groups is 1. The molecule has 158 valence electrons. The number of nitro benzene ring substituents is 1. The maximum absolute atomic E-state index is 12.9. The van der Waals surface area contributed by atoms with Gasteiger partial charge in [-0.15, -0.1) is 10.2 Å². The van der Waals surface area contributed by atoms with Crippen molar-refractivity contribution >= 4 is 49.9 Å². The number of aromatic nitrogens is 2. The lowest BCUT2D eigenvalue weighted by molar-refractivity contribution is -0.384. The summed E-state index contributed by atoms with van der Waals surface area (Å²) in [7, 11) is 0. The van der Waals surface area contributed by atoms with Crippen LogP contribution in [0.15, 0.2) is 53.0 Å². The lowest BCUT2D eigenvalue weighted by atomic mass is 10.1. The molecule has 1 unspecified atom stereocenters. The standard InChI is InChI=1S/C20H16BrN5O4S/c21-14-8-6-12(7-9-14)18-23-24-20(31-18)22-17(27)16-5-2-10-25(16)19(28)13-3-1-4-15(11-13)26(29)30/h1,3-4,6-9,11,16H,2,5,10H2,(H,22,24,27). The Morgan fingerprint density at radius 1 is 1.19 bits per heavy atom. The minimum atomic E-state index is -0.674. The molecule has 0 radical (unpaired) electrons. The van der Waals surface area contributed by atoms with Crippen LogP contribution in [0.25, 0.3) is 10.6 Å². The molecule has 31 heavy (non-hydrogen) atoms. The molecule has 4 rings (SSSR count). The lowest BCUT2D eigenvalue weighted by Gasteiger charge is -2.23. The molecule has 1 aliphatic rings. The number of carbonyl (C=O) groups is 2. The van der Waals surface area contributed by atoms with Crippen molar-refractivity contribution in [3.63, 3.8) is 0 Å². The topological polar surface area (TPSA) is 118 Å². The summed E-state index contributed by atoms with van der Waals surface area (Å²) in [6.07, 6.45) is 1.17. The number of benzene rings is 2. The van der Waals surface area contributed by atoms with Gasteiger partial charge in [0.15, 0.2) is 0 Å². The van der Waals surface area contributed by atoms with Crippen LogP contribution in [0.3, 0.4) is 0 Å². The molecule has 3 aromatic rings. The number of nitrogens with one attached hydrogen (secondary N) is 1. The van der Waals surface area contributed by atoms with Gasteiger partial charge in [-0.25, -0.2) is 0 Å². The van der Waals surface area contributed by atoms with Gasteiger partial charge in [-0.3, -0.25) is 25.0 Å². The quantitative estimate of drug-likeness (QED) is 0.414. The van der Waals surface area contributed by atoms with Crippen LogP contribution in [-0.4, -0.2) is 44.4 Å². The molecular formula is C20H16BrN5O4S.